The Morgan fingerprint density at radius 3 is 2.56 bits per heavy atom. The Kier molecular flexibility index (Phi) is 3.90. The SMILES string of the molecule is CC1C[C@H](C(=O)N2CCC(CN)C2)[C@H](C(=O)O)C1. The summed E-state index contributed by atoms with van der Waals surface area (Å²) in [6, 6.07) is 0. The maximum Gasteiger partial charge on any atom is 0.307 e. The third-order valence-electron chi connectivity index (χ3n) is 4.36. The summed E-state index contributed by atoms with van der Waals surface area (Å²) in [5, 5.41) is 9.20. The zero-order valence-electron chi connectivity index (χ0n) is 10.8. The molecule has 1 saturated carbocycles. The Balaban J connectivity index is 2.02. The molecule has 3 N–H and O–H groups in total. The van der Waals surface area contributed by atoms with E-state index in [9.17, 15) is 14.7 Å². The second kappa shape index (κ2) is 5.26. The summed E-state index contributed by atoms with van der Waals surface area (Å²) in [6.45, 7) is 4.06. The smallest absolute Gasteiger partial charge is 0.307 e. The monoisotopic (exact) mass is 254 g/mol. The lowest BCUT2D eigenvalue weighted by Crippen LogP contribution is -2.38. The summed E-state index contributed by atoms with van der Waals surface area (Å²) in [5.74, 6) is -0.905. The van der Waals surface area contributed by atoms with Gasteiger partial charge in [-0.25, -0.2) is 0 Å². The Hall–Kier alpha value is -1.10. The minimum atomic E-state index is -0.827. The largest absolute Gasteiger partial charge is 0.481 e. The number of carbonyl (C=O) groups excluding carboxylic acids is 1. The van der Waals surface area contributed by atoms with Crippen LogP contribution in [0.1, 0.15) is 26.2 Å². The van der Waals surface area contributed by atoms with Crippen molar-refractivity contribution in [1.82, 2.24) is 4.90 Å². The van der Waals surface area contributed by atoms with Crippen molar-refractivity contribution in [3.8, 4) is 0 Å². The fourth-order valence-electron chi connectivity index (χ4n) is 3.30. The van der Waals surface area contributed by atoms with E-state index in [1.165, 1.54) is 0 Å². The van der Waals surface area contributed by atoms with Crippen LogP contribution in [0, 0.1) is 23.7 Å². The molecule has 0 bridgehead atoms. The molecule has 0 radical (unpaired) electrons. The lowest BCUT2D eigenvalue weighted by Gasteiger charge is -2.23. The second-order valence-electron chi connectivity index (χ2n) is 5.80. The molecule has 5 nitrogen and oxygen atoms in total. The van der Waals surface area contributed by atoms with E-state index in [1.807, 2.05) is 11.8 Å². The van der Waals surface area contributed by atoms with Crippen molar-refractivity contribution in [3.63, 3.8) is 0 Å². The number of carboxylic acid groups (broad SMARTS) is 1. The van der Waals surface area contributed by atoms with Crippen molar-refractivity contribution < 1.29 is 14.7 Å². The van der Waals surface area contributed by atoms with Crippen LogP contribution in [0.25, 0.3) is 0 Å². The van der Waals surface area contributed by atoms with Gasteiger partial charge in [0.25, 0.3) is 0 Å². The van der Waals surface area contributed by atoms with Gasteiger partial charge in [-0.05, 0) is 37.6 Å². The summed E-state index contributed by atoms with van der Waals surface area (Å²) in [5.41, 5.74) is 5.62. The van der Waals surface area contributed by atoms with Gasteiger partial charge in [0.1, 0.15) is 0 Å². The van der Waals surface area contributed by atoms with Gasteiger partial charge in [-0.1, -0.05) is 6.92 Å². The van der Waals surface area contributed by atoms with Gasteiger partial charge in [-0.3, -0.25) is 9.59 Å². The van der Waals surface area contributed by atoms with Gasteiger partial charge < -0.3 is 15.7 Å². The van der Waals surface area contributed by atoms with Gasteiger partial charge >= 0.3 is 5.97 Å². The average Bonchev–Trinajstić information content (AvgIpc) is 2.94. The zero-order valence-corrected chi connectivity index (χ0v) is 10.8. The first kappa shape index (κ1) is 13.3. The first-order valence-corrected chi connectivity index (χ1v) is 6.74. The van der Waals surface area contributed by atoms with E-state index in [4.69, 9.17) is 5.73 Å². The highest BCUT2D eigenvalue weighted by molar-refractivity contribution is 5.85. The van der Waals surface area contributed by atoms with Crippen LogP contribution in [-0.4, -0.2) is 41.5 Å². The Labute approximate surface area is 107 Å². The number of nitrogens with two attached hydrogens (primary N) is 1. The third-order valence-corrected chi connectivity index (χ3v) is 4.36. The maximum atomic E-state index is 12.4. The Bertz CT molecular complexity index is 345. The number of carboxylic acids is 1. The van der Waals surface area contributed by atoms with Crippen molar-refractivity contribution in [2.75, 3.05) is 19.6 Å². The number of hydrogen-bond donors (Lipinski definition) is 2. The predicted molar refractivity (Wildman–Crippen MR) is 66.8 cm³/mol. The highest BCUT2D eigenvalue weighted by Gasteiger charge is 2.43. The van der Waals surface area contributed by atoms with E-state index in [0.717, 1.165) is 13.0 Å². The van der Waals surface area contributed by atoms with Crippen LogP contribution in [0.15, 0.2) is 0 Å². The van der Waals surface area contributed by atoms with Crippen molar-refractivity contribution in [1.29, 1.82) is 0 Å². The van der Waals surface area contributed by atoms with Crippen LogP contribution in [0.4, 0.5) is 0 Å². The number of carbonyl (C=O) groups is 2. The molecule has 4 atom stereocenters. The van der Waals surface area contributed by atoms with E-state index in [0.29, 0.717) is 37.8 Å². The van der Waals surface area contributed by atoms with Crippen LogP contribution < -0.4 is 5.73 Å². The lowest BCUT2D eigenvalue weighted by molar-refractivity contribution is -0.148. The number of nitrogens with zero attached hydrogens (tertiary/aromatic N) is 1. The quantitative estimate of drug-likeness (QED) is 0.770. The molecule has 102 valence electrons. The van der Waals surface area contributed by atoms with Crippen molar-refractivity contribution in [2.45, 2.75) is 26.2 Å². The molecule has 0 aromatic heterocycles. The molecule has 0 aromatic carbocycles. The molecule has 0 spiro atoms. The molecule has 5 heteroatoms. The third kappa shape index (κ3) is 2.51. The summed E-state index contributed by atoms with van der Waals surface area (Å²) in [7, 11) is 0. The summed E-state index contributed by atoms with van der Waals surface area (Å²) in [6.07, 6.45) is 2.28. The fraction of sp³-hybridized carbons (Fsp3) is 0.846. The first-order valence-electron chi connectivity index (χ1n) is 6.74. The van der Waals surface area contributed by atoms with Crippen LogP contribution in [0.2, 0.25) is 0 Å². The number of likely N-dealkylation sites (tertiary alicyclic amines) is 1. The summed E-state index contributed by atoms with van der Waals surface area (Å²) >= 11 is 0. The molecule has 0 aromatic rings. The molecular weight excluding hydrogens is 232 g/mol. The van der Waals surface area contributed by atoms with Gasteiger partial charge in [0.15, 0.2) is 0 Å². The zero-order chi connectivity index (χ0) is 13.3. The van der Waals surface area contributed by atoms with Crippen molar-refractivity contribution in [2.24, 2.45) is 29.4 Å². The fourth-order valence-corrected chi connectivity index (χ4v) is 3.30. The minimum absolute atomic E-state index is 0.0303. The lowest BCUT2D eigenvalue weighted by atomic mass is 9.95. The van der Waals surface area contributed by atoms with Gasteiger partial charge in [0.05, 0.1) is 11.8 Å². The maximum absolute atomic E-state index is 12.4. The standard InChI is InChI=1S/C13H22N2O3/c1-8-4-10(11(5-8)13(17)18)12(16)15-3-2-9(6-14)7-15/h8-11H,2-7,14H2,1H3,(H,17,18)/t8?,9?,10-,11+/m0/s1. The predicted octanol–water partition coefficient (Wildman–Crippen LogP) is 0.541. The molecule has 2 aliphatic rings. The Morgan fingerprint density at radius 1 is 1.33 bits per heavy atom. The van der Waals surface area contributed by atoms with Crippen molar-refractivity contribution in [3.05, 3.63) is 0 Å². The van der Waals surface area contributed by atoms with E-state index < -0.39 is 11.9 Å². The van der Waals surface area contributed by atoms with Crippen molar-refractivity contribution >= 4 is 11.9 Å². The number of aliphatic carboxylic acids is 1. The second-order valence-corrected chi connectivity index (χ2v) is 5.80. The molecule has 18 heavy (non-hydrogen) atoms. The molecule has 1 aliphatic heterocycles. The molecule has 1 heterocycles. The van der Waals surface area contributed by atoms with E-state index in [1.54, 1.807) is 0 Å². The highest BCUT2D eigenvalue weighted by Crippen LogP contribution is 2.38. The van der Waals surface area contributed by atoms with Gasteiger partial charge in [-0.2, -0.15) is 0 Å². The molecule has 2 unspecified atom stereocenters. The van der Waals surface area contributed by atoms with Gasteiger partial charge in [-0.15, -0.1) is 0 Å². The molecule has 2 fully saturated rings. The van der Waals surface area contributed by atoms with Crippen LogP contribution in [-0.2, 0) is 9.59 Å². The molecule has 2 rings (SSSR count). The molecular formula is C13H22N2O3. The van der Waals surface area contributed by atoms with Gasteiger partial charge in [0.2, 0.25) is 5.91 Å². The minimum Gasteiger partial charge on any atom is -0.481 e. The number of rotatable bonds is 3. The molecule has 1 saturated heterocycles. The van der Waals surface area contributed by atoms with E-state index in [-0.39, 0.29) is 11.8 Å². The molecule has 1 amide bonds. The van der Waals surface area contributed by atoms with Crippen LogP contribution >= 0.6 is 0 Å². The highest BCUT2D eigenvalue weighted by atomic mass is 16.4. The summed E-state index contributed by atoms with van der Waals surface area (Å²) < 4.78 is 0. The normalized spacial score (nSPS) is 36.0. The van der Waals surface area contributed by atoms with Gasteiger partial charge in [0, 0.05) is 13.1 Å². The summed E-state index contributed by atoms with van der Waals surface area (Å²) in [4.78, 5) is 25.4. The van der Waals surface area contributed by atoms with Crippen LogP contribution in [0.5, 0.6) is 0 Å². The number of hydrogen-bond acceptors (Lipinski definition) is 3. The average molecular weight is 254 g/mol. The van der Waals surface area contributed by atoms with E-state index >= 15 is 0 Å². The Morgan fingerprint density at radius 2 is 2.00 bits per heavy atom. The van der Waals surface area contributed by atoms with Crippen LogP contribution in [0.3, 0.4) is 0 Å². The topological polar surface area (TPSA) is 83.6 Å². The molecule has 1 aliphatic carbocycles. The number of amides is 1. The first-order chi connectivity index (χ1) is 8.52. The van der Waals surface area contributed by atoms with E-state index in [2.05, 4.69) is 0 Å².